The predicted octanol–water partition coefficient (Wildman–Crippen LogP) is 4.65. The van der Waals surface area contributed by atoms with Crippen molar-refractivity contribution in [3.05, 3.63) is 77.5 Å². The van der Waals surface area contributed by atoms with Crippen LogP contribution in [0.25, 0.3) is 0 Å². The number of aromatic nitrogens is 1. The summed E-state index contributed by atoms with van der Waals surface area (Å²) in [6, 6.07) is 16.6. The monoisotopic (exact) mass is 374 g/mol. The summed E-state index contributed by atoms with van der Waals surface area (Å²) in [5, 5.41) is 8.74. The first kappa shape index (κ1) is 19.1. The highest BCUT2D eigenvalue weighted by atomic mass is 16.2. The second-order valence-electron chi connectivity index (χ2n) is 6.65. The van der Waals surface area contributed by atoms with Crippen LogP contribution in [0.2, 0.25) is 0 Å². The first-order valence-corrected chi connectivity index (χ1v) is 8.89. The van der Waals surface area contributed by atoms with E-state index in [-0.39, 0.29) is 11.8 Å². The Morgan fingerprint density at radius 3 is 1.93 bits per heavy atom. The molecule has 0 saturated heterocycles. The van der Waals surface area contributed by atoms with Gasteiger partial charge in [-0.1, -0.05) is 6.07 Å². The van der Waals surface area contributed by atoms with E-state index < -0.39 is 0 Å². The lowest BCUT2D eigenvalue weighted by Crippen LogP contribution is -2.12. The number of aryl methyl sites for hydroxylation is 2. The van der Waals surface area contributed by atoms with E-state index in [2.05, 4.69) is 27.0 Å². The lowest BCUT2D eigenvalue weighted by atomic mass is 10.1. The van der Waals surface area contributed by atoms with E-state index in [0.29, 0.717) is 22.8 Å². The third-order valence-electron chi connectivity index (χ3n) is 3.98. The second-order valence-corrected chi connectivity index (χ2v) is 6.65. The van der Waals surface area contributed by atoms with Crippen LogP contribution in [-0.4, -0.2) is 16.8 Å². The number of amides is 2. The van der Waals surface area contributed by atoms with Crippen LogP contribution >= 0.6 is 0 Å². The Labute approximate surface area is 164 Å². The minimum absolute atomic E-state index is 0.141. The summed E-state index contributed by atoms with van der Waals surface area (Å²) in [5.41, 5.74) is 5.06. The highest BCUT2D eigenvalue weighted by Gasteiger charge is 2.07. The van der Waals surface area contributed by atoms with Crippen molar-refractivity contribution in [1.82, 2.24) is 4.98 Å². The molecule has 3 N–H and O–H groups in total. The summed E-state index contributed by atoms with van der Waals surface area (Å²) in [6.07, 6.45) is 1.53. The largest absolute Gasteiger partial charge is 0.340 e. The van der Waals surface area contributed by atoms with Gasteiger partial charge in [-0.05, 0) is 73.5 Å². The maximum Gasteiger partial charge on any atom is 0.257 e. The molecular weight excluding hydrogens is 352 g/mol. The Morgan fingerprint density at radius 1 is 0.786 bits per heavy atom. The van der Waals surface area contributed by atoms with Crippen LogP contribution in [0.5, 0.6) is 0 Å². The first-order valence-electron chi connectivity index (χ1n) is 8.89. The summed E-state index contributed by atoms with van der Waals surface area (Å²) < 4.78 is 0. The fourth-order valence-electron chi connectivity index (χ4n) is 2.84. The Bertz CT molecular complexity index is 976. The molecule has 0 radical (unpaired) electrons. The number of anilines is 4. The first-order chi connectivity index (χ1) is 13.4. The third-order valence-corrected chi connectivity index (χ3v) is 3.98. The fourth-order valence-corrected chi connectivity index (χ4v) is 2.84. The van der Waals surface area contributed by atoms with E-state index in [0.717, 1.165) is 5.69 Å². The highest BCUT2D eigenvalue weighted by Crippen LogP contribution is 2.19. The minimum atomic E-state index is -0.252. The number of hydrogen-bond donors (Lipinski definition) is 3. The van der Waals surface area contributed by atoms with Gasteiger partial charge >= 0.3 is 0 Å². The molecule has 0 fully saturated rings. The molecule has 3 rings (SSSR count). The molecule has 0 saturated carbocycles. The van der Waals surface area contributed by atoms with E-state index >= 15 is 0 Å². The summed E-state index contributed by atoms with van der Waals surface area (Å²) >= 11 is 0. The summed E-state index contributed by atoms with van der Waals surface area (Å²) in [4.78, 5) is 27.8. The van der Waals surface area contributed by atoms with Crippen LogP contribution in [0.4, 0.5) is 22.9 Å². The minimum Gasteiger partial charge on any atom is -0.340 e. The number of nitrogens with one attached hydrogen (secondary N) is 3. The maximum absolute atomic E-state index is 12.4. The van der Waals surface area contributed by atoms with Crippen LogP contribution in [-0.2, 0) is 4.79 Å². The van der Waals surface area contributed by atoms with E-state index in [9.17, 15) is 9.59 Å². The predicted molar refractivity (Wildman–Crippen MR) is 112 cm³/mol. The Kier molecular flexibility index (Phi) is 5.69. The molecule has 0 spiro atoms. The van der Waals surface area contributed by atoms with Crippen LogP contribution in [0.3, 0.4) is 0 Å². The fraction of sp³-hybridized carbons (Fsp3) is 0.136. The van der Waals surface area contributed by atoms with Crippen LogP contribution in [0, 0.1) is 13.8 Å². The van der Waals surface area contributed by atoms with Gasteiger partial charge in [0.2, 0.25) is 5.91 Å². The van der Waals surface area contributed by atoms with Gasteiger partial charge in [0.05, 0.1) is 5.56 Å². The van der Waals surface area contributed by atoms with Gasteiger partial charge < -0.3 is 16.0 Å². The van der Waals surface area contributed by atoms with Crippen molar-refractivity contribution in [3.63, 3.8) is 0 Å². The average molecular weight is 374 g/mol. The van der Waals surface area contributed by atoms with E-state index in [1.807, 2.05) is 26.0 Å². The molecule has 0 aliphatic rings. The van der Waals surface area contributed by atoms with Crippen molar-refractivity contribution in [3.8, 4) is 0 Å². The van der Waals surface area contributed by atoms with Gasteiger partial charge in [0.15, 0.2) is 0 Å². The number of carbonyl (C=O) groups excluding carboxylic acids is 2. The van der Waals surface area contributed by atoms with Gasteiger partial charge in [-0.2, -0.15) is 0 Å². The molecule has 2 amide bonds. The topological polar surface area (TPSA) is 83.1 Å². The Morgan fingerprint density at radius 2 is 1.39 bits per heavy atom. The zero-order chi connectivity index (χ0) is 20.1. The number of rotatable bonds is 5. The molecule has 0 bridgehead atoms. The molecule has 3 aromatic rings. The van der Waals surface area contributed by atoms with Gasteiger partial charge in [-0.3, -0.25) is 9.59 Å². The SMILES string of the molecule is CC(=O)Nc1ccc(NC(=O)c2ccc(Nc3cc(C)cc(C)c3)nc2)cc1. The average Bonchev–Trinajstić information content (AvgIpc) is 2.62. The maximum atomic E-state index is 12.4. The smallest absolute Gasteiger partial charge is 0.257 e. The molecule has 6 heteroatoms. The van der Waals surface area contributed by atoms with Crippen molar-refractivity contribution in [2.45, 2.75) is 20.8 Å². The number of nitrogens with zero attached hydrogens (tertiary/aromatic N) is 1. The van der Waals surface area contributed by atoms with Crippen LogP contribution in [0.15, 0.2) is 60.8 Å². The van der Waals surface area contributed by atoms with Gasteiger partial charge in [0.25, 0.3) is 5.91 Å². The number of hydrogen-bond acceptors (Lipinski definition) is 4. The van der Waals surface area contributed by atoms with Gasteiger partial charge in [-0.25, -0.2) is 4.98 Å². The number of carbonyl (C=O) groups is 2. The van der Waals surface area contributed by atoms with Crippen molar-refractivity contribution >= 4 is 34.7 Å². The van der Waals surface area contributed by atoms with Crippen LogP contribution < -0.4 is 16.0 Å². The Balaban J connectivity index is 1.64. The number of benzene rings is 2. The standard InChI is InChI=1S/C22H22N4O2/c1-14-10-15(2)12-20(11-14)25-21-9-4-17(13-23-21)22(28)26-19-7-5-18(6-8-19)24-16(3)27/h4-13H,1-3H3,(H,23,25)(H,24,27)(H,26,28). The lowest BCUT2D eigenvalue weighted by molar-refractivity contribution is -0.114. The van der Waals surface area contributed by atoms with E-state index in [1.165, 1.54) is 24.2 Å². The van der Waals surface area contributed by atoms with E-state index in [4.69, 9.17) is 0 Å². The summed E-state index contributed by atoms with van der Waals surface area (Å²) in [6.45, 7) is 5.53. The van der Waals surface area contributed by atoms with Crippen molar-refractivity contribution < 1.29 is 9.59 Å². The quantitative estimate of drug-likeness (QED) is 0.607. The lowest BCUT2D eigenvalue weighted by Gasteiger charge is -2.09. The van der Waals surface area contributed by atoms with Crippen LogP contribution in [0.1, 0.15) is 28.4 Å². The summed E-state index contributed by atoms with van der Waals surface area (Å²) in [7, 11) is 0. The molecule has 0 unspecified atom stereocenters. The molecule has 2 aromatic carbocycles. The molecule has 142 valence electrons. The van der Waals surface area contributed by atoms with Gasteiger partial charge in [-0.15, -0.1) is 0 Å². The van der Waals surface area contributed by atoms with Gasteiger partial charge in [0, 0.05) is 30.2 Å². The van der Waals surface area contributed by atoms with Crippen molar-refractivity contribution in [2.24, 2.45) is 0 Å². The van der Waals surface area contributed by atoms with E-state index in [1.54, 1.807) is 36.4 Å². The zero-order valence-electron chi connectivity index (χ0n) is 16.0. The molecule has 1 aromatic heterocycles. The second kappa shape index (κ2) is 8.35. The molecular formula is C22H22N4O2. The zero-order valence-corrected chi connectivity index (χ0v) is 16.0. The van der Waals surface area contributed by atoms with Crippen molar-refractivity contribution in [2.75, 3.05) is 16.0 Å². The molecule has 28 heavy (non-hydrogen) atoms. The normalized spacial score (nSPS) is 10.2. The van der Waals surface area contributed by atoms with Crippen molar-refractivity contribution in [1.29, 1.82) is 0 Å². The molecule has 0 aliphatic heterocycles. The van der Waals surface area contributed by atoms with Gasteiger partial charge in [0.1, 0.15) is 5.82 Å². The highest BCUT2D eigenvalue weighted by molar-refractivity contribution is 6.04. The molecule has 0 atom stereocenters. The Hall–Kier alpha value is -3.67. The third kappa shape index (κ3) is 5.17. The molecule has 6 nitrogen and oxygen atoms in total. The number of pyridine rings is 1. The molecule has 0 aliphatic carbocycles. The molecule has 1 heterocycles. The summed E-state index contributed by atoms with van der Waals surface area (Å²) in [5.74, 6) is 0.274.